The highest BCUT2D eigenvalue weighted by atomic mass is 16.5. The molecular formula is C21H29N5O3. The predicted octanol–water partition coefficient (Wildman–Crippen LogP) is 2.06. The summed E-state index contributed by atoms with van der Waals surface area (Å²) in [6.07, 6.45) is 0. The first-order chi connectivity index (χ1) is 13.5. The first kappa shape index (κ1) is 21.0. The lowest BCUT2D eigenvalue weighted by Gasteiger charge is -2.42. The number of hydrogen-bond acceptors (Lipinski definition) is 6. The fraction of sp³-hybridized carbons (Fsp3) is 0.524. The molecule has 1 aromatic carbocycles. The summed E-state index contributed by atoms with van der Waals surface area (Å²) in [5.41, 5.74) is 5.69. The predicted molar refractivity (Wildman–Crippen MR) is 109 cm³/mol. The molecule has 2 aromatic rings. The molecule has 8 nitrogen and oxygen atoms in total. The molecule has 8 heteroatoms. The Morgan fingerprint density at radius 2 is 1.66 bits per heavy atom. The SMILES string of the molecule is CC(C)(C)c1noc(-c2ccccc2C(=O)N2CCN(C(C)(C)C(N)=O)CC2)n1. The van der Waals surface area contributed by atoms with Crippen molar-refractivity contribution in [3.05, 3.63) is 35.7 Å². The number of aromatic nitrogens is 2. The van der Waals surface area contributed by atoms with Crippen LogP contribution in [0.3, 0.4) is 0 Å². The molecule has 0 bridgehead atoms. The molecule has 2 amide bonds. The summed E-state index contributed by atoms with van der Waals surface area (Å²) in [7, 11) is 0. The van der Waals surface area contributed by atoms with Crippen LogP contribution in [0.4, 0.5) is 0 Å². The van der Waals surface area contributed by atoms with Gasteiger partial charge in [0.25, 0.3) is 11.8 Å². The second kappa shape index (κ2) is 7.59. The highest BCUT2D eigenvalue weighted by Crippen LogP contribution is 2.27. The average Bonchev–Trinajstić information content (AvgIpc) is 3.18. The fourth-order valence-electron chi connectivity index (χ4n) is 3.29. The van der Waals surface area contributed by atoms with Crippen molar-refractivity contribution in [3.63, 3.8) is 0 Å². The van der Waals surface area contributed by atoms with Crippen molar-refractivity contribution >= 4 is 11.8 Å². The molecule has 1 aromatic heterocycles. The van der Waals surface area contributed by atoms with Crippen LogP contribution in [0, 0.1) is 0 Å². The van der Waals surface area contributed by atoms with Gasteiger partial charge < -0.3 is 15.2 Å². The van der Waals surface area contributed by atoms with E-state index in [4.69, 9.17) is 10.3 Å². The van der Waals surface area contributed by atoms with E-state index in [2.05, 4.69) is 10.1 Å². The van der Waals surface area contributed by atoms with Crippen LogP contribution in [-0.4, -0.2) is 63.5 Å². The summed E-state index contributed by atoms with van der Waals surface area (Å²) in [5, 5.41) is 4.07. The molecule has 1 aliphatic rings. The van der Waals surface area contributed by atoms with E-state index >= 15 is 0 Å². The Morgan fingerprint density at radius 1 is 1.03 bits per heavy atom. The van der Waals surface area contributed by atoms with E-state index in [0.717, 1.165) is 0 Å². The van der Waals surface area contributed by atoms with Crippen molar-refractivity contribution in [2.75, 3.05) is 26.2 Å². The van der Waals surface area contributed by atoms with Gasteiger partial charge in [-0.15, -0.1) is 0 Å². The zero-order valence-electron chi connectivity index (χ0n) is 17.7. The Hall–Kier alpha value is -2.74. The van der Waals surface area contributed by atoms with E-state index in [1.165, 1.54) is 0 Å². The quantitative estimate of drug-likeness (QED) is 0.844. The third-order valence-electron chi connectivity index (χ3n) is 5.45. The van der Waals surface area contributed by atoms with Gasteiger partial charge in [-0.05, 0) is 26.0 Å². The van der Waals surface area contributed by atoms with Crippen LogP contribution in [0.15, 0.2) is 28.8 Å². The third-order valence-corrected chi connectivity index (χ3v) is 5.45. The summed E-state index contributed by atoms with van der Waals surface area (Å²) in [5.74, 6) is 0.478. The minimum atomic E-state index is -0.736. The van der Waals surface area contributed by atoms with Crippen LogP contribution in [-0.2, 0) is 10.2 Å². The van der Waals surface area contributed by atoms with E-state index in [9.17, 15) is 9.59 Å². The van der Waals surface area contributed by atoms with E-state index in [1.807, 2.05) is 57.7 Å². The number of carbonyl (C=O) groups is 2. The van der Waals surface area contributed by atoms with Gasteiger partial charge in [-0.1, -0.05) is 38.1 Å². The van der Waals surface area contributed by atoms with Crippen LogP contribution in [0.5, 0.6) is 0 Å². The van der Waals surface area contributed by atoms with E-state index in [0.29, 0.717) is 49.0 Å². The number of hydrogen-bond donors (Lipinski definition) is 1. The van der Waals surface area contributed by atoms with Crippen molar-refractivity contribution in [1.29, 1.82) is 0 Å². The first-order valence-corrected chi connectivity index (χ1v) is 9.79. The van der Waals surface area contributed by atoms with Crippen molar-refractivity contribution in [1.82, 2.24) is 19.9 Å². The van der Waals surface area contributed by atoms with Crippen LogP contribution in [0.25, 0.3) is 11.5 Å². The zero-order chi connectivity index (χ0) is 21.4. The molecule has 0 spiro atoms. The lowest BCUT2D eigenvalue weighted by atomic mass is 9.96. The van der Waals surface area contributed by atoms with Crippen molar-refractivity contribution in [3.8, 4) is 11.5 Å². The van der Waals surface area contributed by atoms with Gasteiger partial charge >= 0.3 is 0 Å². The number of nitrogens with two attached hydrogens (primary N) is 1. The molecule has 0 aliphatic carbocycles. The van der Waals surface area contributed by atoms with Crippen LogP contribution in [0.1, 0.15) is 50.8 Å². The lowest BCUT2D eigenvalue weighted by Crippen LogP contribution is -2.60. The molecular weight excluding hydrogens is 370 g/mol. The fourth-order valence-corrected chi connectivity index (χ4v) is 3.29. The average molecular weight is 399 g/mol. The highest BCUT2D eigenvalue weighted by Gasteiger charge is 2.36. The molecule has 1 fully saturated rings. The lowest BCUT2D eigenvalue weighted by molar-refractivity contribution is -0.129. The van der Waals surface area contributed by atoms with Gasteiger partial charge in [0.2, 0.25) is 5.91 Å². The van der Waals surface area contributed by atoms with Gasteiger partial charge in [-0.3, -0.25) is 14.5 Å². The summed E-state index contributed by atoms with van der Waals surface area (Å²) in [6, 6.07) is 7.27. The normalized spacial score (nSPS) is 16.1. The molecule has 29 heavy (non-hydrogen) atoms. The second-order valence-corrected chi connectivity index (χ2v) is 8.92. The minimum Gasteiger partial charge on any atom is -0.368 e. The molecule has 1 aliphatic heterocycles. The molecule has 0 saturated carbocycles. The zero-order valence-corrected chi connectivity index (χ0v) is 17.7. The molecule has 3 rings (SSSR count). The molecule has 156 valence electrons. The number of nitrogens with zero attached hydrogens (tertiary/aromatic N) is 4. The second-order valence-electron chi connectivity index (χ2n) is 8.92. The van der Waals surface area contributed by atoms with Gasteiger partial charge in [0, 0.05) is 31.6 Å². The van der Waals surface area contributed by atoms with E-state index < -0.39 is 5.54 Å². The van der Waals surface area contributed by atoms with Crippen molar-refractivity contribution in [2.24, 2.45) is 5.73 Å². The number of carbonyl (C=O) groups excluding carboxylic acids is 2. The summed E-state index contributed by atoms with van der Waals surface area (Å²) >= 11 is 0. The molecule has 2 heterocycles. The van der Waals surface area contributed by atoms with Gasteiger partial charge in [0.15, 0.2) is 5.82 Å². The number of primary amides is 1. The molecule has 0 unspecified atom stereocenters. The molecule has 1 saturated heterocycles. The highest BCUT2D eigenvalue weighted by molar-refractivity contribution is 6.00. The van der Waals surface area contributed by atoms with E-state index in [-0.39, 0.29) is 17.2 Å². The third kappa shape index (κ3) is 4.17. The van der Waals surface area contributed by atoms with Gasteiger partial charge in [-0.25, -0.2) is 0 Å². The Balaban J connectivity index is 1.80. The topological polar surface area (TPSA) is 106 Å². The maximum atomic E-state index is 13.2. The summed E-state index contributed by atoms with van der Waals surface area (Å²) in [6.45, 7) is 11.8. The van der Waals surface area contributed by atoms with Crippen LogP contribution in [0.2, 0.25) is 0 Å². The summed E-state index contributed by atoms with van der Waals surface area (Å²) in [4.78, 5) is 33.2. The molecule has 0 atom stereocenters. The Morgan fingerprint density at radius 3 is 2.21 bits per heavy atom. The van der Waals surface area contributed by atoms with Gasteiger partial charge in [0.1, 0.15) is 0 Å². The molecule has 2 N–H and O–H groups in total. The standard InChI is InChI=1S/C21H29N5O3/c1-20(2,3)19-23-16(29-24-19)14-8-6-7-9-15(14)17(27)25-10-12-26(13-11-25)21(4,5)18(22)28/h6-9H,10-13H2,1-5H3,(H2,22,28). The van der Waals surface area contributed by atoms with Crippen molar-refractivity contribution in [2.45, 2.75) is 45.6 Å². The monoisotopic (exact) mass is 399 g/mol. The first-order valence-electron chi connectivity index (χ1n) is 9.79. The maximum Gasteiger partial charge on any atom is 0.258 e. The maximum absolute atomic E-state index is 13.2. The van der Waals surface area contributed by atoms with Gasteiger partial charge in [-0.2, -0.15) is 4.98 Å². The van der Waals surface area contributed by atoms with Crippen LogP contribution < -0.4 is 5.73 Å². The number of piperazine rings is 1. The number of rotatable bonds is 4. The number of benzene rings is 1. The largest absolute Gasteiger partial charge is 0.368 e. The smallest absolute Gasteiger partial charge is 0.258 e. The van der Waals surface area contributed by atoms with Gasteiger partial charge in [0.05, 0.1) is 16.7 Å². The summed E-state index contributed by atoms with van der Waals surface area (Å²) < 4.78 is 5.45. The van der Waals surface area contributed by atoms with E-state index in [1.54, 1.807) is 11.0 Å². The molecule has 0 radical (unpaired) electrons. The van der Waals surface area contributed by atoms with Crippen LogP contribution >= 0.6 is 0 Å². The Bertz CT molecular complexity index is 905. The Labute approximate surface area is 171 Å². The Kier molecular flexibility index (Phi) is 5.49. The van der Waals surface area contributed by atoms with Crippen molar-refractivity contribution < 1.29 is 14.1 Å². The minimum absolute atomic E-state index is 0.0901. The number of amides is 2.